The summed E-state index contributed by atoms with van der Waals surface area (Å²) in [4.78, 5) is 13.0. The van der Waals surface area contributed by atoms with Gasteiger partial charge in [0.2, 0.25) is 0 Å². The third-order valence-corrected chi connectivity index (χ3v) is 5.50. The highest BCUT2D eigenvalue weighted by atomic mass is 35.5. The highest BCUT2D eigenvalue weighted by molar-refractivity contribution is 6.31. The maximum atomic E-state index is 13.0. The van der Waals surface area contributed by atoms with Gasteiger partial charge < -0.3 is 14.8 Å². The van der Waals surface area contributed by atoms with E-state index < -0.39 is 0 Å². The molecule has 0 spiro atoms. The van der Waals surface area contributed by atoms with Crippen LogP contribution in [0.2, 0.25) is 5.02 Å². The van der Waals surface area contributed by atoms with Gasteiger partial charge in [-0.05, 0) is 44.2 Å². The molecule has 1 N–H and O–H groups in total. The number of nitrogens with one attached hydrogen (secondary N) is 1. The predicted octanol–water partition coefficient (Wildman–Crippen LogP) is 5.95. The maximum absolute atomic E-state index is 13.0. The molecule has 3 aromatic carbocycles. The summed E-state index contributed by atoms with van der Waals surface area (Å²) in [6.07, 6.45) is 0.693. The molecule has 5 heteroatoms. The topological polar surface area (TPSA) is 47.6 Å². The SMILES string of the molecule is CC1(C)C[C@@H](NC(=O)c2cccc(OCc3ccccc3Cl)c2)c2ccccc2O1. The van der Waals surface area contributed by atoms with Crippen LogP contribution in [0.5, 0.6) is 11.5 Å². The number of carbonyl (C=O) groups is 1. The average molecular weight is 422 g/mol. The molecule has 3 aromatic rings. The first-order valence-electron chi connectivity index (χ1n) is 9.96. The molecule has 4 nitrogen and oxygen atoms in total. The van der Waals surface area contributed by atoms with Crippen LogP contribution in [0.25, 0.3) is 0 Å². The van der Waals surface area contributed by atoms with Crippen LogP contribution in [0.1, 0.15) is 47.8 Å². The largest absolute Gasteiger partial charge is 0.489 e. The summed E-state index contributed by atoms with van der Waals surface area (Å²) in [6.45, 7) is 4.41. The second kappa shape index (κ2) is 8.41. The van der Waals surface area contributed by atoms with Gasteiger partial charge in [-0.15, -0.1) is 0 Å². The van der Waals surface area contributed by atoms with Crippen LogP contribution >= 0.6 is 11.6 Å². The molecule has 154 valence electrons. The van der Waals surface area contributed by atoms with Crippen molar-refractivity contribution in [3.8, 4) is 11.5 Å². The standard InChI is InChI=1S/C25H24ClNO3/c1-25(2)15-22(20-11-4-6-13-23(20)30-25)27-24(28)17-9-7-10-19(14-17)29-16-18-8-3-5-12-21(18)26/h3-14,22H,15-16H2,1-2H3,(H,27,28)/t22-/m1/s1. The molecule has 0 aliphatic carbocycles. The number of amides is 1. The van der Waals surface area contributed by atoms with E-state index in [1.807, 2.05) is 74.5 Å². The number of para-hydroxylation sites is 1. The number of hydrogen-bond donors (Lipinski definition) is 1. The molecule has 0 bridgehead atoms. The molecule has 0 aromatic heterocycles. The van der Waals surface area contributed by atoms with Crippen molar-refractivity contribution in [3.63, 3.8) is 0 Å². The van der Waals surface area contributed by atoms with Crippen LogP contribution in [0, 0.1) is 0 Å². The molecule has 0 saturated heterocycles. The number of carbonyl (C=O) groups excluding carboxylic acids is 1. The first kappa shape index (κ1) is 20.3. The van der Waals surface area contributed by atoms with Gasteiger partial charge in [0.1, 0.15) is 23.7 Å². The summed E-state index contributed by atoms with van der Waals surface area (Å²) in [5.74, 6) is 1.29. The molecule has 1 heterocycles. The molecule has 1 aliphatic heterocycles. The Morgan fingerprint density at radius 3 is 2.70 bits per heavy atom. The van der Waals surface area contributed by atoms with E-state index in [2.05, 4.69) is 5.32 Å². The minimum Gasteiger partial charge on any atom is -0.489 e. The minimum absolute atomic E-state index is 0.120. The van der Waals surface area contributed by atoms with Crippen molar-refractivity contribution < 1.29 is 14.3 Å². The fraction of sp³-hybridized carbons (Fsp3) is 0.240. The Labute approximate surface area is 181 Å². The van der Waals surface area contributed by atoms with Gasteiger partial charge in [0, 0.05) is 28.1 Å². The number of benzene rings is 3. The summed E-state index contributed by atoms with van der Waals surface area (Å²) in [5.41, 5.74) is 2.09. The van der Waals surface area contributed by atoms with Crippen LogP contribution in [0.4, 0.5) is 0 Å². The van der Waals surface area contributed by atoms with Gasteiger partial charge in [-0.3, -0.25) is 4.79 Å². The number of halogens is 1. The van der Waals surface area contributed by atoms with E-state index in [-0.39, 0.29) is 17.6 Å². The molecule has 1 amide bonds. The lowest BCUT2D eigenvalue weighted by Gasteiger charge is -2.37. The Balaban J connectivity index is 1.48. The van der Waals surface area contributed by atoms with Gasteiger partial charge in [-0.1, -0.05) is 54.1 Å². The normalized spacial score (nSPS) is 16.8. The minimum atomic E-state index is -0.355. The van der Waals surface area contributed by atoms with Crippen molar-refractivity contribution in [1.29, 1.82) is 0 Å². The molecular formula is C25H24ClNO3. The van der Waals surface area contributed by atoms with Gasteiger partial charge >= 0.3 is 0 Å². The van der Waals surface area contributed by atoms with Gasteiger partial charge in [0.25, 0.3) is 5.91 Å². The number of rotatable bonds is 5. The smallest absolute Gasteiger partial charge is 0.251 e. The first-order chi connectivity index (χ1) is 14.4. The van der Waals surface area contributed by atoms with Crippen molar-refractivity contribution in [3.05, 3.63) is 94.5 Å². The van der Waals surface area contributed by atoms with Crippen LogP contribution in [0.3, 0.4) is 0 Å². The van der Waals surface area contributed by atoms with E-state index in [0.29, 0.717) is 29.4 Å². The van der Waals surface area contributed by atoms with Gasteiger partial charge in [0.05, 0.1) is 6.04 Å². The number of fused-ring (bicyclic) bond motifs is 1. The number of hydrogen-bond acceptors (Lipinski definition) is 3. The zero-order chi connectivity index (χ0) is 21.1. The van der Waals surface area contributed by atoms with Crippen molar-refractivity contribution in [2.45, 2.75) is 38.5 Å². The first-order valence-corrected chi connectivity index (χ1v) is 10.3. The third-order valence-electron chi connectivity index (χ3n) is 5.13. The lowest BCUT2D eigenvalue weighted by atomic mass is 9.89. The van der Waals surface area contributed by atoms with E-state index in [0.717, 1.165) is 16.9 Å². The molecule has 0 unspecified atom stereocenters. The fourth-order valence-electron chi connectivity index (χ4n) is 3.68. The quantitative estimate of drug-likeness (QED) is 0.553. The number of ether oxygens (including phenoxy) is 2. The van der Waals surface area contributed by atoms with Crippen LogP contribution < -0.4 is 14.8 Å². The second-order valence-electron chi connectivity index (χ2n) is 8.04. The Hall–Kier alpha value is -2.98. The zero-order valence-corrected chi connectivity index (χ0v) is 17.8. The van der Waals surface area contributed by atoms with E-state index in [1.54, 1.807) is 12.1 Å². The van der Waals surface area contributed by atoms with E-state index in [4.69, 9.17) is 21.1 Å². The fourth-order valence-corrected chi connectivity index (χ4v) is 3.87. The summed E-state index contributed by atoms with van der Waals surface area (Å²) >= 11 is 6.19. The monoisotopic (exact) mass is 421 g/mol. The second-order valence-corrected chi connectivity index (χ2v) is 8.44. The van der Waals surface area contributed by atoms with Crippen molar-refractivity contribution in [2.24, 2.45) is 0 Å². The molecule has 30 heavy (non-hydrogen) atoms. The summed E-state index contributed by atoms with van der Waals surface area (Å²) in [7, 11) is 0. The lowest BCUT2D eigenvalue weighted by Crippen LogP contribution is -2.41. The Morgan fingerprint density at radius 1 is 1.10 bits per heavy atom. The summed E-state index contributed by atoms with van der Waals surface area (Å²) in [5, 5.41) is 3.82. The maximum Gasteiger partial charge on any atom is 0.251 e. The molecule has 1 aliphatic rings. The Kier molecular flexibility index (Phi) is 5.69. The third kappa shape index (κ3) is 4.60. The molecule has 0 saturated carbocycles. The molecular weight excluding hydrogens is 398 g/mol. The average Bonchev–Trinajstić information content (AvgIpc) is 2.72. The summed E-state index contributed by atoms with van der Waals surface area (Å²) < 4.78 is 11.9. The predicted molar refractivity (Wildman–Crippen MR) is 118 cm³/mol. The van der Waals surface area contributed by atoms with Crippen LogP contribution in [-0.4, -0.2) is 11.5 Å². The molecule has 0 fully saturated rings. The highest BCUT2D eigenvalue weighted by Crippen LogP contribution is 2.39. The lowest BCUT2D eigenvalue weighted by molar-refractivity contribution is 0.0619. The van der Waals surface area contributed by atoms with Gasteiger partial charge in [-0.25, -0.2) is 0 Å². The summed E-state index contributed by atoms with van der Waals surface area (Å²) in [6, 6.07) is 22.5. The molecule has 4 rings (SSSR count). The van der Waals surface area contributed by atoms with E-state index in [1.165, 1.54) is 0 Å². The van der Waals surface area contributed by atoms with Crippen molar-refractivity contribution >= 4 is 17.5 Å². The van der Waals surface area contributed by atoms with Crippen LogP contribution in [-0.2, 0) is 6.61 Å². The Morgan fingerprint density at radius 2 is 1.87 bits per heavy atom. The van der Waals surface area contributed by atoms with Crippen molar-refractivity contribution in [2.75, 3.05) is 0 Å². The van der Waals surface area contributed by atoms with E-state index in [9.17, 15) is 4.79 Å². The Bertz CT molecular complexity index is 1060. The molecule has 1 atom stereocenters. The van der Waals surface area contributed by atoms with Gasteiger partial charge in [-0.2, -0.15) is 0 Å². The van der Waals surface area contributed by atoms with Crippen molar-refractivity contribution in [1.82, 2.24) is 5.32 Å². The van der Waals surface area contributed by atoms with Gasteiger partial charge in [0.15, 0.2) is 0 Å². The molecule has 0 radical (unpaired) electrons. The highest BCUT2D eigenvalue weighted by Gasteiger charge is 2.34. The van der Waals surface area contributed by atoms with Crippen LogP contribution in [0.15, 0.2) is 72.8 Å². The van der Waals surface area contributed by atoms with E-state index >= 15 is 0 Å². The zero-order valence-electron chi connectivity index (χ0n) is 17.0.